The topological polar surface area (TPSA) is 59.2 Å². The number of amides is 1. The Morgan fingerprint density at radius 3 is 2.70 bits per heavy atom. The van der Waals surface area contributed by atoms with Crippen LogP contribution in [0.25, 0.3) is 0 Å². The fourth-order valence-electron chi connectivity index (χ4n) is 3.09. The molecule has 0 bridgehead atoms. The Hall–Kier alpha value is -1.69. The minimum Gasteiger partial charge on any atom is -0.361 e. The van der Waals surface area contributed by atoms with E-state index in [-0.39, 0.29) is 5.91 Å². The summed E-state index contributed by atoms with van der Waals surface area (Å²) in [7, 11) is 0. The summed E-state index contributed by atoms with van der Waals surface area (Å²) in [5.74, 6) is 1.28. The van der Waals surface area contributed by atoms with Crippen molar-refractivity contribution < 1.29 is 9.32 Å². The van der Waals surface area contributed by atoms with Crippen molar-refractivity contribution in [2.24, 2.45) is 0 Å². The Labute approximate surface area is 140 Å². The summed E-state index contributed by atoms with van der Waals surface area (Å²) >= 11 is 1.77. The standard InChI is InChI=1S/C17H23N3O2S/c1-10-13(4)23-17(18-10)14-6-5-7-20(9-14)16(21)8-15-11(2)19-22-12(15)3/h14H,5-9H2,1-4H3. The first-order chi connectivity index (χ1) is 11.0. The molecule has 1 aliphatic heterocycles. The molecule has 0 aliphatic carbocycles. The molecule has 2 aromatic heterocycles. The molecule has 0 spiro atoms. The number of carbonyl (C=O) groups excluding carboxylic acids is 1. The van der Waals surface area contributed by atoms with Gasteiger partial charge in [0.1, 0.15) is 5.76 Å². The third-order valence-corrected chi connectivity index (χ3v) is 5.91. The lowest BCUT2D eigenvalue weighted by Gasteiger charge is -2.32. The Morgan fingerprint density at radius 2 is 2.09 bits per heavy atom. The van der Waals surface area contributed by atoms with Gasteiger partial charge in [-0.2, -0.15) is 0 Å². The zero-order valence-corrected chi connectivity index (χ0v) is 15.0. The number of hydrogen-bond acceptors (Lipinski definition) is 5. The van der Waals surface area contributed by atoms with E-state index in [9.17, 15) is 4.79 Å². The molecule has 2 aromatic rings. The molecule has 1 fully saturated rings. The average molecular weight is 333 g/mol. The zero-order valence-electron chi connectivity index (χ0n) is 14.2. The van der Waals surface area contributed by atoms with Gasteiger partial charge in [-0.3, -0.25) is 4.79 Å². The quantitative estimate of drug-likeness (QED) is 0.864. The third kappa shape index (κ3) is 3.32. The molecular formula is C17H23N3O2S. The van der Waals surface area contributed by atoms with Crippen LogP contribution in [0.3, 0.4) is 0 Å². The Morgan fingerprint density at radius 1 is 1.30 bits per heavy atom. The maximum Gasteiger partial charge on any atom is 0.227 e. The second kappa shape index (κ2) is 6.43. The third-order valence-electron chi connectivity index (χ3n) is 4.68. The Balaban J connectivity index is 1.69. The van der Waals surface area contributed by atoms with E-state index in [4.69, 9.17) is 4.52 Å². The number of piperidine rings is 1. The van der Waals surface area contributed by atoms with Crippen molar-refractivity contribution in [3.8, 4) is 0 Å². The number of thiazole rings is 1. The molecule has 1 unspecified atom stereocenters. The van der Waals surface area contributed by atoms with Gasteiger partial charge in [-0.25, -0.2) is 4.98 Å². The van der Waals surface area contributed by atoms with Gasteiger partial charge in [0.25, 0.3) is 0 Å². The molecule has 1 amide bonds. The largest absolute Gasteiger partial charge is 0.361 e. The normalized spacial score (nSPS) is 18.4. The van der Waals surface area contributed by atoms with Crippen molar-refractivity contribution >= 4 is 17.2 Å². The first-order valence-corrected chi connectivity index (χ1v) is 8.90. The Kier molecular flexibility index (Phi) is 4.53. The molecule has 1 atom stereocenters. The van der Waals surface area contributed by atoms with Crippen LogP contribution in [0.15, 0.2) is 4.52 Å². The molecule has 0 radical (unpaired) electrons. The SMILES string of the molecule is Cc1nc(C2CCCN(C(=O)Cc3c(C)noc3C)C2)sc1C. The highest BCUT2D eigenvalue weighted by Crippen LogP contribution is 2.31. The maximum absolute atomic E-state index is 12.7. The van der Waals surface area contributed by atoms with Gasteiger partial charge in [0, 0.05) is 29.4 Å². The molecule has 124 valence electrons. The highest BCUT2D eigenvalue weighted by Gasteiger charge is 2.28. The zero-order chi connectivity index (χ0) is 16.6. The van der Waals surface area contributed by atoms with Gasteiger partial charge in [0.05, 0.1) is 22.8 Å². The van der Waals surface area contributed by atoms with Crippen LogP contribution in [0.2, 0.25) is 0 Å². The highest BCUT2D eigenvalue weighted by molar-refractivity contribution is 7.11. The van der Waals surface area contributed by atoms with Gasteiger partial charge < -0.3 is 9.42 Å². The predicted octanol–water partition coefficient (Wildman–Crippen LogP) is 3.31. The molecule has 23 heavy (non-hydrogen) atoms. The second-order valence-corrected chi connectivity index (χ2v) is 7.59. The van der Waals surface area contributed by atoms with Crippen molar-refractivity contribution in [3.63, 3.8) is 0 Å². The van der Waals surface area contributed by atoms with E-state index in [0.29, 0.717) is 12.3 Å². The molecule has 0 N–H and O–H groups in total. The fraction of sp³-hybridized carbons (Fsp3) is 0.588. The maximum atomic E-state index is 12.7. The van der Waals surface area contributed by atoms with E-state index in [0.717, 1.165) is 48.6 Å². The number of aromatic nitrogens is 2. The van der Waals surface area contributed by atoms with Gasteiger partial charge in [-0.05, 0) is 40.5 Å². The molecule has 1 saturated heterocycles. The number of hydrogen-bond donors (Lipinski definition) is 0. The van der Waals surface area contributed by atoms with Crippen molar-refractivity contribution in [2.75, 3.05) is 13.1 Å². The van der Waals surface area contributed by atoms with E-state index in [1.807, 2.05) is 18.7 Å². The summed E-state index contributed by atoms with van der Waals surface area (Å²) in [5, 5.41) is 5.11. The first-order valence-electron chi connectivity index (χ1n) is 8.09. The van der Waals surface area contributed by atoms with E-state index >= 15 is 0 Å². The number of likely N-dealkylation sites (tertiary alicyclic amines) is 1. The average Bonchev–Trinajstić information content (AvgIpc) is 3.04. The Bertz CT molecular complexity index is 680. The fourth-order valence-corrected chi connectivity index (χ4v) is 4.14. The predicted molar refractivity (Wildman–Crippen MR) is 89.8 cm³/mol. The van der Waals surface area contributed by atoms with Crippen LogP contribution < -0.4 is 0 Å². The minimum atomic E-state index is 0.161. The summed E-state index contributed by atoms with van der Waals surface area (Å²) in [6, 6.07) is 0. The van der Waals surface area contributed by atoms with Crippen molar-refractivity contribution in [3.05, 3.63) is 32.6 Å². The molecule has 3 heterocycles. The van der Waals surface area contributed by atoms with Gasteiger partial charge >= 0.3 is 0 Å². The van der Waals surface area contributed by atoms with E-state index in [2.05, 4.69) is 24.0 Å². The van der Waals surface area contributed by atoms with E-state index < -0.39 is 0 Å². The van der Waals surface area contributed by atoms with Crippen LogP contribution in [0.5, 0.6) is 0 Å². The molecule has 0 aromatic carbocycles. The molecule has 0 saturated carbocycles. The van der Waals surface area contributed by atoms with Crippen molar-refractivity contribution in [1.82, 2.24) is 15.0 Å². The van der Waals surface area contributed by atoms with Crippen molar-refractivity contribution in [1.29, 1.82) is 0 Å². The summed E-state index contributed by atoms with van der Waals surface area (Å²) in [6.07, 6.45) is 2.53. The molecule has 5 nitrogen and oxygen atoms in total. The van der Waals surface area contributed by atoms with Gasteiger partial charge in [0.15, 0.2) is 0 Å². The summed E-state index contributed by atoms with van der Waals surface area (Å²) in [6.45, 7) is 9.52. The minimum absolute atomic E-state index is 0.161. The molecule has 3 rings (SSSR count). The van der Waals surface area contributed by atoms with Gasteiger partial charge in [-0.15, -0.1) is 11.3 Å². The van der Waals surface area contributed by atoms with Crippen molar-refractivity contribution in [2.45, 2.75) is 52.9 Å². The monoisotopic (exact) mass is 333 g/mol. The van der Waals surface area contributed by atoms with Gasteiger partial charge in [0.2, 0.25) is 5.91 Å². The number of nitrogens with zero attached hydrogens (tertiary/aromatic N) is 3. The number of rotatable bonds is 3. The highest BCUT2D eigenvalue weighted by atomic mass is 32.1. The lowest BCUT2D eigenvalue weighted by Crippen LogP contribution is -2.40. The summed E-state index contributed by atoms with van der Waals surface area (Å²) in [4.78, 5) is 20.6. The number of aryl methyl sites for hydroxylation is 4. The van der Waals surface area contributed by atoms with Crippen LogP contribution >= 0.6 is 11.3 Å². The lowest BCUT2D eigenvalue weighted by atomic mass is 9.98. The van der Waals surface area contributed by atoms with Crippen LogP contribution in [0.4, 0.5) is 0 Å². The van der Waals surface area contributed by atoms with Crippen LogP contribution in [0.1, 0.15) is 51.4 Å². The van der Waals surface area contributed by atoms with Crippen LogP contribution in [0, 0.1) is 27.7 Å². The van der Waals surface area contributed by atoms with E-state index in [1.54, 1.807) is 11.3 Å². The smallest absolute Gasteiger partial charge is 0.227 e. The van der Waals surface area contributed by atoms with Crippen LogP contribution in [-0.4, -0.2) is 34.0 Å². The van der Waals surface area contributed by atoms with E-state index in [1.165, 1.54) is 9.88 Å². The molecular weight excluding hydrogens is 310 g/mol. The van der Waals surface area contributed by atoms with Crippen LogP contribution in [-0.2, 0) is 11.2 Å². The molecule has 6 heteroatoms. The number of carbonyl (C=O) groups is 1. The summed E-state index contributed by atoms with van der Waals surface area (Å²) < 4.78 is 5.16. The first kappa shape index (κ1) is 16.2. The second-order valence-electron chi connectivity index (χ2n) is 6.35. The summed E-state index contributed by atoms with van der Waals surface area (Å²) in [5.41, 5.74) is 2.86. The lowest BCUT2D eigenvalue weighted by molar-refractivity contribution is -0.131. The van der Waals surface area contributed by atoms with Gasteiger partial charge in [-0.1, -0.05) is 5.16 Å². The molecule has 1 aliphatic rings.